The maximum atomic E-state index is 5.14. The minimum atomic E-state index is 0.291. The van der Waals surface area contributed by atoms with E-state index < -0.39 is 0 Å². The minimum absolute atomic E-state index is 0.291. The quantitative estimate of drug-likeness (QED) is 0.867. The summed E-state index contributed by atoms with van der Waals surface area (Å²) in [6.45, 7) is 4.26. The van der Waals surface area contributed by atoms with Crippen LogP contribution in [0.25, 0.3) is 0 Å². The molecule has 0 saturated carbocycles. The van der Waals surface area contributed by atoms with Crippen molar-refractivity contribution in [2.24, 2.45) is 0 Å². The molecule has 0 amide bonds. The summed E-state index contributed by atoms with van der Waals surface area (Å²) in [6.07, 6.45) is 0. The number of rotatable bonds is 4. The van der Waals surface area contributed by atoms with Gasteiger partial charge < -0.3 is 10.1 Å². The fourth-order valence-corrected chi connectivity index (χ4v) is 1.88. The third kappa shape index (κ3) is 3.04. The van der Waals surface area contributed by atoms with Gasteiger partial charge in [-0.15, -0.1) is 0 Å². The van der Waals surface area contributed by atoms with E-state index in [4.69, 9.17) is 4.74 Å². The lowest BCUT2D eigenvalue weighted by atomic mass is 10.1. The number of nitrogens with one attached hydrogen (secondary N) is 1. The SMILES string of the molecule is COc1ccc(N[C@H](C)c2ccc(C)cc2)cc1. The summed E-state index contributed by atoms with van der Waals surface area (Å²) in [7, 11) is 1.68. The Hall–Kier alpha value is -1.96. The molecule has 94 valence electrons. The molecule has 0 spiro atoms. The zero-order valence-electron chi connectivity index (χ0n) is 11.1. The molecule has 18 heavy (non-hydrogen) atoms. The molecule has 2 aromatic carbocycles. The summed E-state index contributed by atoms with van der Waals surface area (Å²) in [5.41, 5.74) is 3.68. The molecule has 0 saturated heterocycles. The van der Waals surface area contributed by atoms with Gasteiger partial charge >= 0.3 is 0 Å². The van der Waals surface area contributed by atoms with Crippen molar-refractivity contribution in [2.75, 3.05) is 12.4 Å². The van der Waals surface area contributed by atoms with Crippen LogP contribution in [0, 0.1) is 6.92 Å². The van der Waals surface area contributed by atoms with E-state index in [1.165, 1.54) is 11.1 Å². The lowest BCUT2D eigenvalue weighted by molar-refractivity contribution is 0.415. The molecule has 0 aliphatic rings. The number of hydrogen-bond acceptors (Lipinski definition) is 2. The zero-order chi connectivity index (χ0) is 13.0. The monoisotopic (exact) mass is 241 g/mol. The molecule has 1 atom stereocenters. The number of benzene rings is 2. The number of aryl methyl sites for hydroxylation is 1. The lowest BCUT2D eigenvalue weighted by Crippen LogP contribution is -2.06. The van der Waals surface area contributed by atoms with Crippen molar-refractivity contribution in [3.63, 3.8) is 0 Å². The molecule has 2 nitrogen and oxygen atoms in total. The van der Waals surface area contributed by atoms with E-state index in [-0.39, 0.29) is 0 Å². The van der Waals surface area contributed by atoms with Crippen LogP contribution in [-0.2, 0) is 0 Å². The van der Waals surface area contributed by atoms with Crippen molar-refractivity contribution in [3.05, 3.63) is 59.7 Å². The molecule has 1 N–H and O–H groups in total. The van der Waals surface area contributed by atoms with Gasteiger partial charge in [-0.25, -0.2) is 0 Å². The molecule has 0 aliphatic carbocycles. The molecule has 0 aliphatic heterocycles. The summed E-state index contributed by atoms with van der Waals surface area (Å²) in [5, 5.41) is 3.47. The van der Waals surface area contributed by atoms with Gasteiger partial charge in [0.2, 0.25) is 0 Å². The van der Waals surface area contributed by atoms with Crippen LogP contribution in [0.5, 0.6) is 5.75 Å². The summed E-state index contributed by atoms with van der Waals surface area (Å²) < 4.78 is 5.14. The highest BCUT2D eigenvalue weighted by Crippen LogP contribution is 2.21. The first kappa shape index (κ1) is 12.5. The third-order valence-electron chi connectivity index (χ3n) is 3.05. The van der Waals surface area contributed by atoms with E-state index >= 15 is 0 Å². The molecular weight excluding hydrogens is 222 g/mol. The first-order valence-corrected chi connectivity index (χ1v) is 6.16. The van der Waals surface area contributed by atoms with Gasteiger partial charge in [-0.3, -0.25) is 0 Å². The Kier molecular flexibility index (Phi) is 3.88. The molecule has 0 radical (unpaired) electrons. The average Bonchev–Trinajstić information content (AvgIpc) is 2.40. The summed E-state index contributed by atoms with van der Waals surface area (Å²) >= 11 is 0. The highest BCUT2D eigenvalue weighted by molar-refractivity contribution is 5.48. The number of ether oxygens (including phenoxy) is 1. The number of anilines is 1. The van der Waals surface area contributed by atoms with Gasteiger partial charge in [0.05, 0.1) is 7.11 Å². The molecule has 0 bridgehead atoms. The van der Waals surface area contributed by atoms with Crippen LogP contribution < -0.4 is 10.1 Å². The predicted octanol–water partition coefficient (Wildman–Crippen LogP) is 4.18. The molecule has 0 heterocycles. The van der Waals surface area contributed by atoms with Crippen LogP contribution in [0.15, 0.2) is 48.5 Å². The fraction of sp³-hybridized carbons (Fsp3) is 0.250. The van der Waals surface area contributed by atoms with E-state index in [0.717, 1.165) is 11.4 Å². The van der Waals surface area contributed by atoms with Crippen molar-refractivity contribution < 1.29 is 4.74 Å². The predicted molar refractivity (Wildman–Crippen MR) is 76.2 cm³/mol. The van der Waals surface area contributed by atoms with Crippen LogP contribution in [0.2, 0.25) is 0 Å². The lowest BCUT2D eigenvalue weighted by Gasteiger charge is -2.16. The van der Waals surface area contributed by atoms with Gasteiger partial charge in [0.1, 0.15) is 5.75 Å². The maximum absolute atomic E-state index is 5.14. The highest BCUT2D eigenvalue weighted by atomic mass is 16.5. The van der Waals surface area contributed by atoms with E-state index in [0.29, 0.717) is 6.04 Å². The standard InChI is InChI=1S/C16H19NO/c1-12-4-6-14(7-5-12)13(2)17-15-8-10-16(18-3)11-9-15/h4-11,13,17H,1-3H3/t13-/m1/s1. The van der Waals surface area contributed by atoms with E-state index in [1.54, 1.807) is 7.11 Å². The van der Waals surface area contributed by atoms with Crippen LogP contribution in [0.4, 0.5) is 5.69 Å². The van der Waals surface area contributed by atoms with Gasteiger partial charge in [0.15, 0.2) is 0 Å². The molecule has 0 fully saturated rings. The topological polar surface area (TPSA) is 21.3 Å². The maximum Gasteiger partial charge on any atom is 0.119 e. The second-order valence-electron chi connectivity index (χ2n) is 4.51. The van der Waals surface area contributed by atoms with E-state index in [2.05, 4.69) is 43.4 Å². The second-order valence-corrected chi connectivity index (χ2v) is 4.51. The summed E-state index contributed by atoms with van der Waals surface area (Å²) in [6, 6.07) is 16.9. The van der Waals surface area contributed by atoms with Gasteiger partial charge in [-0.05, 0) is 43.7 Å². The average molecular weight is 241 g/mol. The first-order chi connectivity index (χ1) is 8.69. The van der Waals surface area contributed by atoms with Crippen LogP contribution in [0.3, 0.4) is 0 Å². The molecule has 0 unspecified atom stereocenters. The number of methoxy groups -OCH3 is 1. The summed E-state index contributed by atoms with van der Waals surface area (Å²) in [4.78, 5) is 0. The van der Waals surface area contributed by atoms with Crippen molar-refractivity contribution in [2.45, 2.75) is 19.9 Å². The Morgan fingerprint density at radius 3 is 2.11 bits per heavy atom. The third-order valence-corrected chi connectivity index (χ3v) is 3.05. The van der Waals surface area contributed by atoms with Gasteiger partial charge in [-0.2, -0.15) is 0 Å². The van der Waals surface area contributed by atoms with Gasteiger partial charge in [-0.1, -0.05) is 29.8 Å². The molecule has 2 heteroatoms. The van der Waals surface area contributed by atoms with Crippen molar-refractivity contribution in [3.8, 4) is 5.75 Å². The smallest absolute Gasteiger partial charge is 0.119 e. The minimum Gasteiger partial charge on any atom is -0.497 e. The van der Waals surface area contributed by atoms with E-state index in [9.17, 15) is 0 Å². The molecule has 2 rings (SSSR count). The Bertz CT molecular complexity index is 488. The zero-order valence-corrected chi connectivity index (χ0v) is 11.1. The number of hydrogen-bond donors (Lipinski definition) is 1. The first-order valence-electron chi connectivity index (χ1n) is 6.16. The Balaban J connectivity index is 2.05. The van der Waals surface area contributed by atoms with Crippen LogP contribution in [0.1, 0.15) is 24.1 Å². The van der Waals surface area contributed by atoms with Crippen molar-refractivity contribution in [1.82, 2.24) is 0 Å². The molecule has 0 aromatic heterocycles. The molecular formula is C16H19NO. The van der Waals surface area contributed by atoms with Gasteiger partial charge in [0.25, 0.3) is 0 Å². The van der Waals surface area contributed by atoms with Crippen molar-refractivity contribution in [1.29, 1.82) is 0 Å². The van der Waals surface area contributed by atoms with E-state index in [1.807, 2.05) is 24.3 Å². The fourth-order valence-electron chi connectivity index (χ4n) is 1.88. The van der Waals surface area contributed by atoms with Crippen molar-refractivity contribution >= 4 is 5.69 Å². The van der Waals surface area contributed by atoms with Crippen LogP contribution >= 0.6 is 0 Å². The summed E-state index contributed by atoms with van der Waals surface area (Å²) in [5.74, 6) is 0.878. The largest absolute Gasteiger partial charge is 0.497 e. The Labute approximate surface area is 109 Å². The van der Waals surface area contributed by atoms with Crippen LogP contribution in [-0.4, -0.2) is 7.11 Å². The Morgan fingerprint density at radius 2 is 1.56 bits per heavy atom. The highest BCUT2D eigenvalue weighted by Gasteiger charge is 2.04. The Morgan fingerprint density at radius 1 is 0.944 bits per heavy atom. The molecule has 2 aromatic rings. The van der Waals surface area contributed by atoms with Gasteiger partial charge in [0, 0.05) is 11.7 Å². The second kappa shape index (κ2) is 5.58. The normalized spacial score (nSPS) is 11.9.